The van der Waals surface area contributed by atoms with Crippen molar-refractivity contribution in [1.82, 2.24) is 19.8 Å². The lowest BCUT2D eigenvalue weighted by Crippen LogP contribution is -2.32. The molecule has 6 nitrogen and oxygen atoms in total. The van der Waals surface area contributed by atoms with E-state index in [4.69, 9.17) is 17.0 Å². The van der Waals surface area contributed by atoms with Gasteiger partial charge in [0.05, 0.1) is 31.3 Å². The number of hydrogen-bond donors (Lipinski definition) is 1. The molecule has 1 N–H and O–H groups in total. The van der Waals surface area contributed by atoms with Gasteiger partial charge < -0.3 is 19.5 Å². The molecule has 0 radical (unpaired) electrons. The van der Waals surface area contributed by atoms with E-state index in [-0.39, 0.29) is 18.1 Å². The van der Waals surface area contributed by atoms with E-state index in [9.17, 15) is 4.79 Å². The van der Waals surface area contributed by atoms with Crippen LogP contribution in [0.1, 0.15) is 79.3 Å². The molecule has 0 bridgehead atoms. The SMILES string of the molecule is COC(=O)CCN1C(=S)N[C@H](c2ccccn2)[C@H]1c1cc(C)n(C2CCCCC2)c1C. The third kappa shape index (κ3) is 4.33. The van der Waals surface area contributed by atoms with Crippen LogP contribution in [0.4, 0.5) is 0 Å². The third-order valence-corrected chi connectivity index (χ3v) is 7.12. The highest BCUT2D eigenvalue weighted by atomic mass is 32.1. The summed E-state index contributed by atoms with van der Waals surface area (Å²) in [5.74, 6) is -0.226. The minimum absolute atomic E-state index is 0.0180. The Balaban J connectivity index is 1.73. The van der Waals surface area contributed by atoms with Crippen molar-refractivity contribution < 1.29 is 9.53 Å². The highest BCUT2D eigenvalue weighted by molar-refractivity contribution is 7.80. The molecule has 0 unspecified atom stereocenters. The van der Waals surface area contributed by atoms with Gasteiger partial charge >= 0.3 is 5.97 Å². The summed E-state index contributed by atoms with van der Waals surface area (Å²) < 4.78 is 7.41. The largest absolute Gasteiger partial charge is 0.469 e. The van der Waals surface area contributed by atoms with E-state index in [1.807, 2.05) is 24.4 Å². The van der Waals surface area contributed by atoms with E-state index < -0.39 is 0 Å². The zero-order chi connectivity index (χ0) is 22.0. The van der Waals surface area contributed by atoms with Crippen LogP contribution in [0.15, 0.2) is 30.5 Å². The Hall–Kier alpha value is -2.41. The van der Waals surface area contributed by atoms with Crippen molar-refractivity contribution in [2.75, 3.05) is 13.7 Å². The molecule has 0 aromatic carbocycles. The first-order chi connectivity index (χ1) is 15.0. The molecule has 31 heavy (non-hydrogen) atoms. The van der Waals surface area contributed by atoms with Gasteiger partial charge in [0.2, 0.25) is 0 Å². The van der Waals surface area contributed by atoms with E-state index in [0.717, 1.165) is 5.69 Å². The summed E-state index contributed by atoms with van der Waals surface area (Å²) in [4.78, 5) is 18.6. The van der Waals surface area contributed by atoms with E-state index in [0.29, 0.717) is 24.1 Å². The van der Waals surface area contributed by atoms with Gasteiger partial charge in [-0.3, -0.25) is 9.78 Å². The molecule has 1 saturated heterocycles. The number of pyridine rings is 1. The highest BCUT2D eigenvalue weighted by Crippen LogP contribution is 2.42. The lowest BCUT2D eigenvalue weighted by Gasteiger charge is -2.29. The summed E-state index contributed by atoms with van der Waals surface area (Å²) in [7, 11) is 1.43. The van der Waals surface area contributed by atoms with Gasteiger partial charge in [-0.25, -0.2) is 0 Å². The topological polar surface area (TPSA) is 59.4 Å². The standard InChI is InChI=1S/C24H32N4O2S/c1-16-15-19(17(2)28(16)18-9-5-4-6-10-18)23-22(20-11-7-8-13-25-20)26-24(31)27(23)14-12-21(29)30-3/h7-8,11,13,15,18,22-23H,4-6,9-10,12,14H2,1-3H3,(H,26,31)/t22-,23-/m1/s1. The second-order valence-corrected chi connectivity index (χ2v) is 9.02. The van der Waals surface area contributed by atoms with Crippen molar-refractivity contribution in [3.63, 3.8) is 0 Å². The molecule has 2 aliphatic rings. The number of carbonyl (C=O) groups excluding carboxylic acids is 1. The molecule has 1 aliphatic heterocycles. The fourth-order valence-electron chi connectivity index (χ4n) is 5.30. The van der Waals surface area contributed by atoms with Crippen molar-refractivity contribution >= 4 is 23.3 Å². The number of nitrogens with zero attached hydrogens (tertiary/aromatic N) is 3. The van der Waals surface area contributed by atoms with Crippen LogP contribution >= 0.6 is 12.2 Å². The maximum absolute atomic E-state index is 11.9. The quantitative estimate of drug-likeness (QED) is 0.526. The summed E-state index contributed by atoms with van der Waals surface area (Å²) in [6, 6.07) is 8.77. The number of rotatable bonds is 6. The number of thiocarbonyl (C=S) groups is 1. The number of hydrogen-bond acceptors (Lipinski definition) is 4. The van der Waals surface area contributed by atoms with Crippen molar-refractivity contribution in [2.45, 2.75) is 70.5 Å². The Morgan fingerprint density at radius 2 is 2.03 bits per heavy atom. The normalized spacial score (nSPS) is 21.9. The number of methoxy groups -OCH3 is 1. The van der Waals surface area contributed by atoms with Crippen LogP contribution in [0.5, 0.6) is 0 Å². The van der Waals surface area contributed by atoms with Gasteiger partial charge in [-0.15, -0.1) is 0 Å². The monoisotopic (exact) mass is 440 g/mol. The lowest BCUT2D eigenvalue weighted by atomic mass is 9.94. The molecule has 1 saturated carbocycles. The van der Waals surface area contributed by atoms with Crippen LogP contribution < -0.4 is 5.32 Å². The van der Waals surface area contributed by atoms with Gasteiger partial charge in [0.15, 0.2) is 5.11 Å². The van der Waals surface area contributed by atoms with Gasteiger partial charge in [0.25, 0.3) is 0 Å². The summed E-state index contributed by atoms with van der Waals surface area (Å²) >= 11 is 5.72. The second kappa shape index (κ2) is 9.39. The van der Waals surface area contributed by atoms with Crippen molar-refractivity contribution in [3.8, 4) is 0 Å². The minimum atomic E-state index is -0.226. The molecule has 4 rings (SSSR count). The van der Waals surface area contributed by atoms with Crippen molar-refractivity contribution in [1.29, 1.82) is 0 Å². The maximum atomic E-state index is 11.9. The molecule has 0 spiro atoms. The lowest BCUT2D eigenvalue weighted by molar-refractivity contribution is -0.140. The first-order valence-corrected chi connectivity index (χ1v) is 11.6. The van der Waals surface area contributed by atoms with Crippen LogP contribution in [0, 0.1) is 13.8 Å². The number of ether oxygens (including phenoxy) is 1. The summed E-state index contributed by atoms with van der Waals surface area (Å²) in [5, 5.41) is 4.14. The van der Waals surface area contributed by atoms with E-state index in [1.165, 1.54) is 56.2 Å². The summed E-state index contributed by atoms with van der Waals surface area (Å²) in [6.07, 6.45) is 8.54. The number of esters is 1. The summed E-state index contributed by atoms with van der Waals surface area (Å²) in [5.41, 5.74) is 4.81. The van der Waals surface area contributed by atoms with Gasteiger partial charge in [-0.05, 0) is 62.7 Å². The van der Waals surface area contributed by atoms with Crippen LogP contribution in [-0.2, 0) is 9.53 Å². The van der Waals surface area contributed by atoms with Crippen molar-refractivity contribution in [2.24, 2.45) is 0 Å². The fraction of sp³-hybridized carbons (Fsp3) is 0.542. The van der Waals surface area contributed by atoms with Gasteiger partial charge in [-0.2, -0.15) is 0 Å². The molecule has 7 heteroatoms. The van der Waals surface area contributed by atoms with Crippen LogP contribution in [-0.4, -0.2) is 39.2 Å². The van der Waals surface area contributed by atoms with Crippen LogP contribution in [0.2, 0.25) is 0 Å². The summed E-state index contributed by atoms with van der Waals surface area (Å²) in [6.45, 7) is 4.95. The molecule has 1 aliphatic carbocycles. The molecular weight excluding hydrogens is 408 g/mol. The zero-order valence-corrected chi connectivity index (χ0v) is 19.5. The van der Waals surface area contributed by atoms with Gasteiger partial charge in [-0.1, -0.05) is 25.3 Å². The zero-order valence-electron chi connectivity index (χ0n) is 18.6. The smallest absolute Gasteiger partial charge is 0.307 e. The molecule has 0 amide bonds. The molecule has 166 valence electrons. The number of nitrogens with one attached hydrogen (secondary N) is 1. The third-order valence-electron chi connectivity index (χ3n) is 6.76. The van der Waals surface area contributed by atoms with E-state index in [1.54, 1.807) is 0 Å². The Morgan fingerprint density at radius 3 is 2.71 bits per heavy atom. The highest BCUT2D eigenvalue weighted by Gasteiger charge is 2.41. The maximum Gasteiger partial charge on any atom is 0.307 e. The molecule has 2 fully saturated rings. The molecular formula is C24H32N4O2S. The Labute approximate surface area is 190 Å². The average Bonchev–Trinajstić information content (AvgIpc) is 3.28. The van der Waals surface area contributed by atoms with E-state index >= 15 is 0 Å². The van der Waals surface area contributed by atoms with Crippen molar-refractivity contribution in [3.05, 3.63) is 53.1 Å². The first kappa shape index (κ1) is 21.8. The molecule has 2 aromatic heterocycles. The number of carbonyl (C=O) groups is 1. The van der Waals surface area contributed by atoms with Gasteiger partial charge in [0.1, 0.15) is 0 Å². The molecule has 3 heterocycles. The Kier molecular flexibility index (Phi) is 6.60. The Bertz CT molecular complexity index is 937. The number of aromatic nitrogens is 2. The van der Waals surface area contributed by atoms with Gasteiger partial charge in [0, 0.05) is 30.2 Å². The predicted octanol–water partition coefficient (Wildman–Crippen LogP) is 4.54. The van der Waals surface area contributed by atoms with E-state index in [2.05, 4.69) is 39.7 Å². The Morgan fingerprint density at radius 1 is 1.26 bits per heavy atom. The average molecular weight is 441 g/mol. The minimum Gasteiger partial charge on any atom is -0.469 e. The predicted molar refractivity (Wildman–Crippen MR) is 125 cm³/mol. The first-order valence-electron chi connectivity index (χ1n) is 11.2. The van der Waals surface area contributed by atoms with Crippen LogP contribution in [0.3, 0.4) is 0 Å². The second-order valence-electron chi connectivity index (χ2n) is 8.63. The molecule has 2 aromatic rings. The molecule has 2 atom stereocenters. The number of aryl methyl sites for hydroxylation is 1. The van der Waals surface area contributed by atoms with Crippen LogP contribution in [0.25, 0.3) is 0 Å². The fourth-order valence-corrected chi connectivity index (χ4v) is 5.63.